The van der Waals surface area contributed by atoms with Crippen molar-refractivity contribution in [3.63, 3.8) is 0 Å². The van der Waals surface area contributed by atoms with Crippen LogP contribution in [0.5, 0.6) is 0 Å². The number of nitrogens with one attached hydrogen (secondary N) is 1. The topological polar surface area (TPSA) is 83.1 Å². The minimum absolute atomic E-state index is 0.119. The molecule has 1 heterocycles. The zero-order valence-electron chi connectivity index (χ0n) is 12.8. The molecule has 0 fully saturated rings. The molecule has 0 unspecified atom stereocenters. The molecule has 0 aliphatic rings. The first kappa shape index (κ1) is 18.0. The van der Waals surface area contributed by atoms with Crippen molar-refractivity contribution in [2.24, 2.45) is 0 Å². The van der Waals surface area contributed by atoms with Gasteiger partial charge in [0.05, 0.1) is 23.1 Å². The van der Waals surface area contributed by atoms with Crippen molar-refractivity contribution in [1.29, 1.82) is 0 Å². The van der Waals surface area contributed by atoms with Gasteiger partial charge in [0.2, 0.25) is 0 Å². The van der Waals surface area contributed by atoms with E-state index in [0.29, 0.717) is 0 Å². The van der Waals surface area contributed by atoms with Crippen molar-refractivity contribution in [2.45, 2.75) is 17.0 Å². The number of aromatic nitrogens is 2. The van der Waals surface area contributed by atoms with Crippen molar-refractivity contribution >= 4 is 15.7 Å². The van der Waals surface area contributed by atoms with Crippen LogP contribution in [0, 0.1) is 0 Å². The number of halogens is 3. The predicted octanol–water partition coefficient (Wildman–Crippen LogP) is 2.10. The third-order valence-electron chi connectivity index (χ3n) is 3.19. The second-order valence-corrected chi connectivity index (χ2v) is 7.19. The SMILES string of the molecule is CN(C)C(=O)c1cn[nH]c1S(=O)(=O)Cc1ccc(C(F)(F)F)cc1. The number of benzene rings is 1. The Hall–Kier alpha value is -2.36. The standard InChI is InChI=1S/C14H14F3N3O3S/c1-20(2)13(21)11-7-18-19-12(11)24(22,23)8-9-3-5-10(6-4-9)14(15,16)17/h3-7H,8H2,1-2H3,(H,18,19). The fourth-order valence-corrected chi connectivity index (χ4v) is 3.43. The largest absolute Gasteiger partial charge is 0.416 e. The predicted molar refractivity (Wildman–Crippen MR) is 78.9 cm³/mol. The van der Waals surface area contributed by atoms with Crippen LogP contribution in [0.15, 0.2) is 35.5 Å². The Kier molecular flexibility index (Phi) is 4.70. The number of amides is 1. The van der Waals surface area contributed by atoms with Gasteiger partial charge in [0.15, 0.2) is 14.9 Å². The molecule has 10 heteroatoms. The van der Waals surface area contributed by atoms with Crippen LogP contribution < -0.4 is 0 Å². The first-order valence-corrected chi connectivity index (χ1v) is 8.31. The summed E-state index contributed by atoms with van der Waals surface area (Å²) in [6, 6.07) is 3.79. The Balaban J connectivity index is 2.30. The van der Waals surface area contributed by atoms with E-state index in [-0.39, 0.29) is 16.2 Å². The summed E-state index contributed by atoms with van der Waals surface area (Å²) in [5, 5.41) is 5.49. The maximum absolute atomic E-state index is 12.5. The zero-order chi connectivity index (χ0) is 18.1. The van der Waals surface area contributed by atoms with E-state index in [1.807, 2.05) is 0 Å². The van der Waals surface area contributed by atoms with E-state index >= 15 is 0 Å². The van der Waals surface area contributed by atoms with Crippen molar-refractivity contribution in [1.82, 2.24) is 15.1 Å². The van der Waals surface area contributed by atoms with Crippen LogP contribution in [-0.2, 0) is 21.8 Å². The van der Waals surface area contributed by atoms with Crippen LogP contribution in [0.2, 0.25) is 0 Å². The normalized spacial score (nSPS) is 12.2. The highest BCUT2D eigenvalue weighted by molar-refractivity contribution is 7.90. The van der Waals surface area contributed by atoms with Gasteiger partial charge in [-0.2, -0.15) is 18.3 Å². The van der Waals surface area contributed by atoms with Crippen LogP contribution in [0.4, 0.5) is 13.2 Å². The maximum Gasteiger partial charge on any atom is 0.416 e. The first-order chi connectivity index (χ1) is 11.0. The molecule has 0 atom stereocenters. The lowest BCUT2D eigenvalue weighted by atomic mass is 10.1. The van der Waals surface area contributed by atoms with Gasteiger partial charge in [-0.25, -0.2) is 8.42 Å². The summed E-state index contributed by atoms with van der Waals surface area (Å²) in [4.78, 5) is 13.2. The number of alkyl halides is 3. The Bertz CT molecular complexity index is 840. The summed E-state index contributed by atoms with van der Waals surface area (Å²) in [6.07, 6.45) is -3.39. The monoisotopic (exact) mass is 361 g/mol. The number of aromatic amines is 1. The molecule has 1 aromatic carbocycles. The summed E-state index contributed by atoms with van der Waals surface area (Å²) in [7, 11) is -1.05. The molecule has 0 aliphatic carbocycles. The summed E-state index contributed by atoms with van der Waals surface area (Å²) in [5.41, 5.74) is -0.818. The Morgan fingerprint density at radius 2 is 1.79 bits per heavy atom. The quantitative estimate of drug-likeness (QED) is 0.904. The van der Waals surface area contributed by atoms with Crippen LogP contribution in [0.3, 0.4) is 0 Å². The highest BCUT2D eigenvalue weighted by Crippen LogP contribution is 2.29. The van der Waals surface area contributed by atoms with Gasteiger partial charge < -0.3 is 4.90 Å². The van der Waals surface area contributed by atoms with Crippen molar-refractivity contribution < 1.29 is 26.4 Å². The molecular weight excluding hydrogens is 347 g/mol. The molecule has 130 valence electrons. The fraction of sp³-hybridized carbons (Fsp3) is 0.286. The molecule has 6 nitrogen and oxygen atoms in total. The number of carbonyl (C=O) groups is 1. The average Bonchev–Trinajstić information content (AvgIpc) is 2.95. The highest BCUT2D eigenvalue weighted by atomic mass is 32.2. The number of rotatable bonds is 4. The molecule has 0 spiro atoms. The molecule has 0 aliphatic heterocycles. The maximum atomic E-state index is 12.5. The molecule has 2 rings (SSSR count). The second-order valence-electron chi connectivity index (χ2n) is 5.27. The fourth-order valence-electron chi connectivity index (χ4n) is 1.99. The van der Waals surface area contributed by atoms with E-state index in [4.69, 9.17) is 0 Å². The van der Waals surface area contributed by atoms with Gasteiger partial charge in [0.1, 0.15) is 0 Å². The zero-order valence-corrected chi connectivity index (χ0v) is 13.6. The summed E-state index contributed by atoms with van der Waals surface area (Å²) in [6.45, 7) is 0. The van der Waals surface area contributed by atoms with E-state index < -0.39 is 33.2 Å². The van der Waals surface area contributed by atoms with E-state index in [1.165, 1.54) is 19.0 Å². The molecule has 2 aromatic rings. The van der Waals surface area contributed by atoms with Gasteiger partial charge in [-0.15, -0.1) is 0 Å². The summed E-state index contributed by atoms with van der Waals surface area (Å²) in [5.74, 6) is -1.10. The van der Waals surface area contributed by atoms with Gasteiger partial charge in [0, 0.05) is 14.1 Å². The van der Waals surface area contributed by atoms with E-state index in [9.17, 15) is 26.4 Å². The summed E-state index contributed by atoms with van der Waals surface area (Å²) < 4.78 is 62.4. The molecule has 0 bridgehead atoms. The number of hydrogen-bond acceptors (Lipinski definition) is 4. The minimum Gasteiger partial charge on any atom is -0.345 e. The van der Waals surface area contributed by atoms with Crippen molar-refractivity contribution in [3.8, 4) is 0 Å². The molecule has 0 radical (unpaired) electrons. The Morgan fingerprint density at radius 3 is 2.29 bits per heavy atom. The first-order valence-electron chi connectivity index (χ1n) is 6.66. The molecule has 0 saturated carbocycles. The Morgan fingerprint density at radius 1 is 1.21 bits per heavy atom. The molecular formula is C14H14F3N3O3S. The molecule has 24 heavy (non-hydrogen) atoms. The van der Waals surface area contributed by atoms with E-state index in [0.717, 1.165) is 30.5 Å². The lowest BCUT2D eigenvalue weighted by molar-refractivity contribution is -0.137. The average molecular weight is 361 g/mol. The molecule has 1 N–H and O–H groups in total. The van der Waals surface area contributed by atoms with E-state index in [1.54, 1.807) is 0 Å². The lowest BCUT2D eigenvalue weighted by Gasteiger charge is -2.11. The van der Waals surface area contributed by atoms with Crippen LogP contribution >= 0.6 is 0 Å². The number of sulfone groups is 1. The smallest absolute Gasteiger partial charge is 0.345 e. The lowest BCUT2D eigenvalue weighted by Crippen LogP contribution is -2.23. The van der Waals surface area contributed by atoms with Gasteiger partial charge in [-0.05, 0) is 17.7 Å². The van der Waals surface area contributed by atoms with Gasteiger partial charge in [0.25, 0.3) is 5.91 Å². The molecule has 0 saturated heterocycles. The highest BCUT2D eigenvalue weighted by Gasteiger charge is 2.31. The number of carbonyl (C=O) groups excluding carboxylic acids is 1. The van der Waals surface area contributed by atoms with E-state index in [2.05, 4.69) is 10.2 Å². The van der Waals surface area contributed by atoms with Crippen molar-refractivity contribution in [2.75, 3.05) is 14.1 Å². The number of H-pyrrole nitrogens is 1. The number of nitrogens with zero attached hydrogens (tertiary/aromatic N) is 2. The van der Waals surface area contributed by atoms with Crippen molar-refractivity contribution in [3.05, 3.63) is 47.2 Å². The van der Waals surface area contributed by atoms with Gasteiger partial charge in [-0.1, -0.05) is 12.1 Å². The van der Waals surface area contributed by atoms with Gasteiger partial charge in [-0.3, -0.25) is 9.89 Å². The molecule has 1 aromatic heterocycles. The molecule has 1 amide bonds. The third-order valence-corrected chi connectivity index (χ3v) is 4.84. The van der Waals surface area contributed by atoms with Crippen LogP contribution in [-0.4, -0.2) is 43.5 Å². The van der Waals surface area contributed by atoms with Crippen LogP contribution in [0.25, 0.3) is 0 Å². The van der Waals surface area contributed by atoms with Crippen LogP contribution in [0.1, 0.15) is 21.5 Å². The minimum atomic E-state index is -4.49. The van der Waals surface area contributed by atoms with Gasteiger partial charge >= 0.3 is 6.18 Å². The number of hydrogen-bond donors (Lipinski definition) is 1. The summed E-state index contributed by atoms with van der Waals surface area (Å²) >= 11 is 0. The third kappa shape index (κ3) is 3.75. The Labute approximate surface area is 136 Å². The second kappa shape index (κ2) is 6.27.